The Labute approximate surface area is 114 Å². The fraction of sp³-hybridized carbons (Fsp3) is 0.429. The molecule has 20 heavy (non-hydrogen) atoms. The van der Waals surface area contributed by atoms with E-state index in [1.165, 1.54) is 6.33 Å². The van der Waals surface area contributed by atoms with Gasteiger partial charge < -0.3 is 10.4 Å². The molecule has 0 bridgehead atoms. The summed E-state index contributed by atoms with van der Waals surface area (Å²) in [6, 6.07) is 2.02. The van der Waals surface area contributed by atoms with E-state index in [-0.39, 0.29) is 6.04 Å². The van der Waals surface area contributed by atoms with E-state index in [0.29, 0.717) is 16.7 Å². The number of halogens is 2. The highest BCUT2D eigenvalue weighted by Gasteiger charge is 2.24. The highest BCUT2D eigenvalue weighted by Crippen LogP contribution is 2.26. The number of rotatable bonds is 2. The number of nitrogens with zero attached hydrogens (tertiary/aromatic N) is 2. The van der Waals surface area contributed by atoms with E-state index in [2.05, 4.69) is 15.3 Å². The fourth-order valence-corrected chi connectivity index (χ4v) is 2.62. The molecule has 1 fully saturated rings. The molecule has 4 nitrogen and oxygen atoms in total. The molecule has 3 rings (SSSR count). The number of fused-ring (bicyclic) bond motifs is 1. The molecule has 6 heteroatoms. The van der Waals surface area contributed by atoms with Crippen molar-refractivity contribution in [3.63, 3.8) is 0 Å². The Bertz CT molecular complexity index is 635. The second-order valence-corrected chi connectivity index (χ2v) is 5.11. The minimum Gasteiger partial charge on any atom is -0.391 e. The zero-order valence-corrected chi connectivity index (χ0v) is 10.8. The van der Waals surface area contributed by atoms with Crippen LogP contribution in [-0.4, -0.2) is 27.2 Å². The molecular formula is C14H15F2N3O. The summed E-state index contributed by atoms with van der Waals surface area (Å²) in [5.41, 5.74) is 0.340. The van der Waals surface area contributed by atoms with Crippen LogP contribution in [0.5, 0.6) is 0 Å². The molecule has 1 aromatic heterocycles. The van der Waals surface area contributed by atoms with Crippen LogP contribution < -0.4 is 5.32 Å². The molecule has 2 aromatic rings. The van der Waals surface area contributed by atoms with Crippen molar-refractivity contribution in [1.82, 2.24) is 9.97 Å². The van der Waals surface area contributed by atoms with E-state index in [1.54, 1.807) is 0 Å². The molecule has 0 radical (unpaired) electrons. The van der Waals surface area contributed by atoms with E-state index in [0.717, 1.165) is 37.8 Å². The van der Waals surface area contributed by atoms with Crippen molar-refractivity contribution in [2.45, 2.75) is 37.8 Å². The van der Waals surface area contributed by atoms with Gasteiger partial charge in [0.1, 0.15) is 12.1 Å². The molecular weight excluding hydrogens is 264 g/mol. The summed E-state index contributed by atoms with van der Waals surface area (Å²) in [6.45, 7) is 0. The summed E-state index contributed by atoms with van der Waals surface area (Å²) >= 11 is 0. The van der Waals surface area contributed by atoms with Gasteiger partial charge in [-0.05, 0) is 18.9 Å². The van der Waals surface area contributed by atoms with Crippen molar-refractivity contribution in [2.75, 3.05) is 5.32 Å². The van der Waals surface area contributed by atoms with Gasteiger partial charge in [-0.1, -0.05) is 12.8 Å². The number of aromatic nitrogens is 2. The van der Waals surface area contributed by atoms with Gasteiger partial charge in [0.05, 0.1) is 17.7 Å². The van der Waals surface area contributed by atoms with Gasteiger partial charge in [0.25, 0.3) is 0 Å². The van der Waals surface area contributed by atoms with Gasteiger partial charge >= 0.3 is 0 Å². The minimum atomic E-state index is -0.931. The smallest absolute Gasteiger partial charge is 0.161 e. The predicted octanol–water partition coefficient (Wildman–Crippen LogP) is 2.62. The number of benzene rings is 1. The highest BCUT2D eigenvalue weighted by atomic mass is 19.2. The maximum Gasteiger partial charge on any atom is 0.161 e. The Balaban J connectivity index is 1.96. The molecule has 2 atom stereocenters. The first kappa shape index (κ1) is 13.2. The number of hydrogen-bond donors (Lipinski definition) is 2. The molecule has 0 aliphatic heterocycles. The Morgan fingerprint density at radius 1 is 1.10 bits per heavy atom. The second-order valence-electron chi connectivity index (χ2n) is 5.11. The Morgan fingerprint density at radius 2 is 1.85 bits per heavy atom. The van der Waals surface area contributed by atoms with Crippen LogP contribution >= 0.6 is 0 Å². The van der Waals surface area contributed by atoms with Gasteiger partial charge in [-0.25, -0.2) is 18.7 Å². The van der Waals surface area contributed by atoms with E-state index in [4.69, 9.17) is 0 Å². The van der Waals surface area contributed by atoms with Crippen molar-refractivity contribution in [2.24, 2.45) is 0 Å². The van der Waals surface area contributed by atoms with E-state index >= 15 is 0 Å². The summed E-state index contributed by atoms with van der Waals surface area (Å²) in [6.07, 6.45) is 4.46. The van der Waals surface area contributed by atoms with Gasteiger partial charge in [0.2, 0.25) is 0 Å². The molecule has 1 heterocycles. The third kappa shape index (κ3) is 2.43. The molecule has 1 saturated carbocycles. The van der Waals surface area contributed by atoms with E-state index in [1.807, 2.05) is 0 Å². The lowest BCUT2D eigenvalue weighted by molar-refractivity contribution is 0.116. The van der Waals surface area contributed by atoms with E-state index < -0.39 is 17.7 Å². The second kappa shape index (κ2) is 5.28. The average Bonchev–Trinajstić information content (AvgIpc) is 2.43. The molecule has 2 N–H and O–H groups in total. The van der Waals surface area contributed by atoms with Crippen molar-refractivity contribution in [3.8, 4) is 0 Å². The van der Waals surface area contributed by atoms with Crippen LogP contribution in [0.1, 0.15) is 25.7 Å². The molecule has 1 aromatic carbocycles. The highest BCUT2D eigenvalue weighted by molar-refractivity contribution is 5.89. The van der Waals surface area contributed by atoms with Gasteiger partial charge in [-0.2, -0.15) is 0 Å². The Morgan fingerprint density at radius 3 is 2.65 bits per heavy atom. The van der Waals surface area contributed by atoms with E-state index in [9.17, 15) is 13.9 Å². The van der Waals surface area contributed by atoms with Crippen LogP contribution in [0.4, 0.5) is 14.6 Å². The summed E-state index contributed by atoms with van der Waals surface area (Å²) in [5.74, 6) is -1.43. The van der Waals surface area contributed by atoms with Gasteiger partial charge in [0.15, 0.2) is 11.6 Å². The summed E-state index contributed by atoms with van der Waals surface area (Å²) < 4.78 is 26.6. The van der Waals surface area contributed by atoms with Crippen molar-refractivity contribution in [3.05, 3.63) is 30.1 Å². The zero-order chi connectivity index (χ0) is 14.1. The third-order valence-corrected chi connectivity index (χ3v) is 3.73. The van der Waals surface area contributed by atoms with Crippen LogP contribution in [0.2, 0.25) is 0 Å². The minimum absolute atomic E-state index is 0.116. The lowest BCUT2D eigenvalue weighted by Crippen LogP contribution is -2.36. The molecule has 0 unspecified atom stereocenters. The van der Waals surface area contributed by atoms with Crippen LogP contribution in [0.15, 0.2) is 18.5 Å². The third-order valence-electron chi connectivity index (χ3n) is 3.73. The maximum absolute atomic E-state index is 13.4. The SMILES string of the molecule is O[C@@H]1CCCC[C@H]1Nc1ncnc2cc(F)c(F)cc12. The number of nitrogens with one attached hydrogen (secondary N) is 1. The lowest BCUT2D eigenvalue weighted by atomic mass is 9.92. The predicted molar refractivity (Wildman–Crippen MR) is 71.3 cm³/mol. The Hall–Kier alpha value is -1.82. The largest absolute Gasteiger partial charge is 0.391 e. The molecule has 106 valence electrons. The van der Waals surface area contributed by atoms with Crippen molar-refractivity contribution < 1.29 is 13.9 Å². The van der Waals surface area contributed by atoms with Gasteiger partial charge in [-0.15, -0.1) is 0 Å². The standard InChI is InChI=1S/C14H15F2N3O/c15-9-5-8-12(6-10(9)16)17-7-18-14(8)19-11-3-1-2-4-13(11)20/h5-7,11,13,20H,1-4H2,(H,17,18,19)/t11-,13-/m1/s1. The first-order valence-corrected chi connectivity index (χ1v) is 6.69. The maximum atomic E-state index is 13.4. The van der Waals surface area contributed by atoms with Crippen molar-refractivity contribution >= 4 is 16.7 Å². The lowest BCUT2D eigenvalue weighted by Gasteiger charge is -2.29. The average molecular weight is 279 g/mol. The van der Waals surface area contributed by atoms with Crippen molar-refractivity contribution in [1.29, 1.82) is 0 Å². The van der Waals surface area contributed by atoms with Gasteiger partial charge in [0, 0.05) is 11.5 Å². The Kier molecular flexibility index (Phi) is 3.48. The first-order valence-electron chi connectivity index (χ1n) is 6.69. The van der Waals surface area contributed by atoms with Crippen LogP contribution in [0.25, 0.3) is 10.9 Å². The van der Waals surface area contributed by atoms with Crippen LogP contribution in [-0.2, 0) is 0 Å². The molecule has 1 aliphatic carbocycles. The summed E-state index contributed by atoms with van der Waals surface area (Å²) in [4.78, 5) is 8.02. The summed E-state index contributed by atoms with van der Waals surface area (Å²) in [5, 5.41) is 13.5. The first-order chi connectivity index (χ1) is 9.65. The number of aliphatic hydroxyl groups is 1. The quantitative estimate of drug-likeness (QED) is 0.887. The molecule has 0 saturated heterocycles. The monoisotopic (exact) mass is 279 g/mol. The normalized spacial score (nSPS) is 22.9. The zero-order valence-electron chi connectivity index (χ0n) is 10.8. The molecule has 0 spiro atoms. The van der Waals surface area contributed by atoms with Crippen LogP contribution in [0, 0.1) is 11.6 Å². The van der Waals surface area contributed by atoms with Gasteiger partial charge in [-0.3, -0.25) is 0 Å². The van der Waals surface area contributed by atoms with Crippen LogP contribution in [0.3, 0.4) is 0 Å². The number of hydrogen-bond acceptors (Lipinski definition) is 4. The molecule has 0 amide bonds. The fourth-order valence-electron chi connectivity index (χ4n) is 2.62. The topological polar surface area (TPSA) is 58.0 Å². The number of aliphatic hydroxyl groups excluding tert-OH is 1. The molecule has 1 aliphatic rings. The number of anilines is 1. The summed E-state index contributed by atoms with van der Waals surface area (Å²) in [7, 11) is 0.